The van der Waals surface area contributed by atoms with Gasteiger partial charge in [0.1, 0.15) is 5.75 Å². The van der Waals surface area contributed by atoms with E-state index in [9.17, 15) is 9.59 Å². The van der Waals surface area contributed by atoms with Gasteiger partial charge in [0.2, 0.25) is 0 Å². The summed E-state index contributed by atoms with van der Waals surface area (Å²) in [5, 5.41) is 2.81. The molecule has 0 aliphatic rings. The number of ether oxygens (including phenoxy) is 1. The Bertz CT molecular complexity index is 790. The number of anilines is 1. The monoisotopic (exact) mass is 418 g/mol. The zero-order chi connectivity index (χ0) is 19.1. The SMILES string of the molecule is CCCCOc1ccc(C(=O)Nc2ccccc2C(=O)N(C)C)cc1Br. The van der Waals surface area contributed by atoms with E-state index < -0.39 is 0 Å². The maximum absolute atomic E-state index is 12.6. The molecule has 5 nitrogen and oxygen atoms in total. The van der Waals surface area contributed by atoms with E-state index in [-0.39, 0.29) is 11.8 Å². The van der Waals surface area contributed by atoms with Gasteiger partial charge in [-0.2, -0.15) is 0 Å². The second-order valence-electron chi connectivity index (χ2n) is 6.05. The molecule has 1 N–H and O–H groups in total. The highest BCUT2D eigenvalue weighted by Gasteiger charge is 2.16. The average molecular weight is 419 g/mol. The van der Waals surface area contributed by atoms with E-state index in [1.54, 1.807) is 56.6 Å². The predicted octanol–water partition coefficient (Wildman–Crippen LogP) is 4.58. The fraction of sp³-hybridized carbons (Fsp3) is 0.300. The third-order valence-corrected chi connectivity index (χ3v) is 4.38. The third-order valence-electron chi connectivity index (χ3n) is 3.76. The maximum Gasteiger partial charge on any atom is 0.255 e. The normalized spacial score (nSPS) is 10.3. The van der Waals surface area contributed by atoms with Gasteiger partial charge in [0, 0.05) is 19.7 Å². The second-order valence-corrected chi connectivity index (χ2v) is 6.90. The average Bonchev–Trinajstić information content (AvgIpc) is 2.63. The van der Waals surface area contributed by atoms with E-state index in [0.717, 1.165) is 17.3 Å². The Hall–Kier alpha value is -2.34. The van der Waals surface area contributed by atoms with Crippen molar-refractivity contribution >= 4 is 33.4 Å². The van der Waals surface area contributed by atoms with Crippen molar-refractivity contribution in [3.8, 4) is 5.75 Å². The molecule has 2 aromatic rings. The number of unbranched alkanes of at least 4 members (excludes halogenated alkanes) is 1. The first-order valence-corrected chi connectivity index (χ1v) is 9.27. The number of hydrogen-bond donors (Lipinski definition) is 1. The van der Waals surface area contributed by atoms with Crippen molar-refractivity contribution in [2.24, 2.45) is 0 Å². The predicted molar refractivity (Wildman–Crippen MR) is 107 cm³/mol. The van der Waals surface area contributed by atoms with Gasteiger partial charge in [-0.1, -0.05) is 25.5 Å². The first kappa shape index (κ1) is 20.0. The molecule has 0 aliphatic carbocycles. The molecule has 2 amide bonds. The molecular formula is C20H23BrN2O3. The summed E-state index contributed by atoms with van der Waals surface area (Å²) in [5.41, 5.74) is 1.41. The van der Waals surface area contributed by atoms with Crippen LogP contribution in [-0.2, 0) is 0 Å². The van der Waals surface area contributed by atoms with Crippen LogP contribution >= 0.6 is 15.9 Å². The minimum absolute atomic E-state index is 0.165. The molecular weight excluding hydrogens is 396 g/mol. The summed E-state index contributed by atoms with van der Waals surface area (Å²) in [6.45, 7) is 2.74. The van der Waals surface area contributed by atoms with E-state index in [1.165, 1.54) is 4.90 Å². The lowest BCUT2D eigenvalue weighted by Gasteiger charge is -2.15. The van der Waals surface area contributed by atoms with Crippen molar-refractivity contribution in [2.45, 2.75) is 19.8 Å². The zero-order valence-corrected chi connectivity index (χ0v) is 16.8. The molecule has 2 rings (SSSR count). The van der Waals surface area contributed by atoms with Crippen LogP contribution in [0.5, 0.6) is 5.75 Å². The molecule has 0 spiro atoms. The number of halogens is 1. The fourth-order valence-electron chi connectivity index (χ4n) is 2.30. The van der Waals surface area contributed by atoms with E-state index in [2.05, 4.69) is 28.2 Å². The standard InChI is InChI=1S/C20H23BrN2O3/c1-4-5-12-26-18-11-10-14(13-16(18)21)19(24)22-17-9-7-6-8-15(17)20(25)23(2)3/h6-11,13H,4-5,12H2,1-3H3,(H,22,24). The Balaban J connectivity index is 2.16. The Morgan fingerprint density at radius 3 is 2.54 bits per heavy atom. The summed E-state index contributed by atoms with van der Waals surface area (Å²) in [6, 6.07) is 12.1. The Morgan fingerprint density at radius 2 is 1.88 bits per heavy atom. The molecule has 6 heteroatoms. The van der Waals surface area contributed by atoms with Crippen LogP contribution in [0.4, 0.5) is 5.69 Å². The molecule has 26 heavy (non-hydrogen) atoms. The van der Waals surface area contributed by atoms with Gasteiger partial charge in [0.25, 0.3) is 11.8 Å². The lowest BCUT2D eigenvalue weighted by Crippen LogP contribution is -2.24. The lowest BCUT2D eigenvalue weighted by molar-refractivity contribution is 0.0828. The van der Waals surface area contributed by atoms with Crippen molar-refractivity contribution in [3.05, 3.63) is 58.1 Å². The summed E-state index contributed by atoms with van der Waals surface area (Å²) >= 11 is 3.44. The van der Waals surface area contributed by atoms with Crippen molar-refractivity contribution in [1.82, 2.24) is 4.90 Å². The quantitative estimate of drug-likeness (QED) is 0.669. The van der Waals surface area contributed by atoms with Crippen molar-refractivity contribution in [3.63, 3.8) is 0 Å². The van der Waals surface area contributed by atoms with Crippen molar-refractivity contribution < 1.29 is 14.3 Å². The molecule has 0 radical (unpaired) electrons. The molecule has 0 saturated heterocycles. The van der Waals surface area contributed by atoms with Gasteiger partial charge in [-0.3, -0.25) is 9.59 Å². The van der Waals surface area contributed by atoms with Crippen LogP contribution in [0.15, 0.2) is 46.9 Å². The number of benzene rings is 2. The molecule has 0 saturated carbocycles. The van der Waals surface area contributed by atoms with Crippen LogP contribution in [0.2, 0.25) is 0 Å². The van der Waals surface area contributed by atoms with Gasteiger partial charge >= 0.3 is 0 Å². The van der Waals surface area contributed by atoms with Gasteiger partial charge < -0.3 is 15.0 Å². The number of rotatable bonds is 7. The maximum atomic E-state index is 12.6. The van der Waals surface area contributed by atoms with Gasteiger partial charge in [-0.25, -0.2) is 0 Å². The number of nitrogens with one attached hydrogen (secondary N) is 1. The van der Waals surface area contributed by atoms with Crippen LogP contribution in [0.25, 0.3) is 0 Å². The highest BCUT2D eigenvalue weighted by atomic mass is 79.9. The Kier molecular flexibility index (Phi) is 7.21. The number of para-hydroxylation sites is 1. The number of carbonyl (C=O) groups is 2. The van der Waals surface area contributed by atoms with E-state index in [1.807, 2.05) is 0 Å². The van der Waals surface area contributed by atoms with Gasteiger partial charge in [-0.05, 0) is 52.7 Å². The fourth-order valence-corrected chi connectivity index (χ4v) is 2.79. The first-order chi connectivity index (χ1) is 12.4. The zero-order valence-electron chi connectivity index (χ0n) is 15.2. The summed E-state index contributed by atoms with van der Waals surface area (Å²) < 4.78 is 6.40. The second kappa shape index (κ2) is 9.38. The van der Waals surface area contributed by atoms with Crippen LogP contribution in [0, 0.1) is 0 Å². The van der Waals surface area contributed by atoms with Crippen LogP contribution in [0.1, 0.15) is 40.5 Å². The molecule has 2 aromatic carbocycles. The van der Waals surface area contributed by atoms with Gasteiger partial charge in [0.05, 0.1) is 22.3 Å². The van der Waals surface area contributed by atoms with Crippen LogP contribution in [-0.4, -0.2) is 37.4 Å². The smallest absolute Gasteiger partial charge is 0.255 e. The van der Waals surface area contributed by atoms with Crippen molar-refractivity contribution in [1.29, 1.82) is 0 Å². The van der Waals surface area contributed by atoms with Crippen LogP contribution in [0.3, 0.4) is 0 Å². The van der Waals surface area contributed by atoms with Gasteiger partial charge in [-0.15, -0.1) is 0 Å². The molecule has 0 unspecified atom stereocenters. The highest BCUT2D eigenvalue weighted by Crippen LogP contribution is 2.27. The Morgan fingerprint density at radius 1 is 1.15 bits per heavy atom. The minimum Gasteiger partial charge on any atom is -0.492 e. The molecule has 0 aliphatic heterocycles. The number of carbonyl (C=O) groups excluding carboxylic acids is 2. The molecule has 0 heterocycles. The largest absolute Gasteiger partial charge is 0.492 e. The van der Waals surface area contributed by atoms with Crippen molar-refractivity contribution in [2.75, 3.05) is 26.0 Å². The molecule has 0 bridgehead atoms. The Labute approximate surface area is 162 Å². The number of hydrogen-bond acceptors (Lipinski definition) is 3. The van der Waals surface area contributed by atoms with E-state index in [4.69, 9.17) is 4.74 Å². The summed E-state index contributed by atoms with van der Waals surface area (Å²) in [7, 11) is 3.35. The van der Waals surface area contributed by atoms with E-state index in [0.29, 0.717) is 29.2 Å². The summed E-state index contributed by atoms with van der Waals surface area (Å²) in [4.78, 5) is 26.3. The molecule has 138 valence electrons. The first-order valence-electron chi connectivity index (χ1n) is 8.48. The summed E-state index contributed by atoms with van der Waals surface area (Å²) in [6.07, 6.45) is 2.04. The third kappa shape index (κ3) is 5.08. The van der Waals surface area contributed by atoms with Crippen LogP contribution < -0.4 is 10.1 Å². The lowest BCUT2D eigenvalue weighted by atomic mass is 10.1. The molecule has 0 atom stereocenters. The number of nitrogens with zero attached hydrogens (tertiary/aromatic N) is 1. The van der Waals surface area contributed by atoms with Gasteiger partial charge in [0.15, 0.2) is 0 Å². The topological polar surface area (TPSA) is 58.6 Å². The minimum atomic E-state index is -0.287. The van der Waals surface area contributed by atoms with E-state index >= 15 is 0 Å². The molecule has 0 fully saturated rings. The highest BCUT2D eigenvalue weighted by molar-refractivity contribution is 9.10. The summed E-state index contributed by atoms with van der Waals surface area (Å²) in [5.74, 6) is 0.254. The molecule has 0 aromatic heterocycles. The number of amides is 2.